The number of rotatable bonds is 5. The number of para-hydroxylation sites is 1. The number of halogens is 3. The second kappa shape index (κ2) is 9.04. The third-order valence-corrected chi connectivity index (χ3v) is 5.34. The zero-order valence-electron chi connectivity index (χ0n) is 16.2. The number of carbonyl (C=O) groups is 3. The standard InChI is InChI=1S/C23H14Cl3N3O3/c24-14-10-15(25)12-17(11-14)28-21(30)13-5-4-6-16(9-13)27-20-19(26)22(31)29(23(20)32)18-7-2-1-3-8-18/h1-12,27H,(H,28,30). The first-order chi connectivity index (χ1) is 15.3. The van der Waals surface area contributed by atoms with E-state index in [-0.39, 0.29) is 10.7 Å². The Morgan fingerprint density at radius 1 is 0.750 bits per heavy atom. The van der Waals surface area contributed by atoms with Crippen molar-refractivity contribution in [3.05, 3.63) is 99.1 Å². The van der Waals surface area contributed by atoms with Crippen LogP contribution < -0.4 is 15.5 Å². The second-order valence-electron chi connectivity index (χ2n) is 6.79. The van der Waals surface area contributed by atoms with E-state index >= 15 is 0 Å². The number of amides is 3. The summed E-state index contributed by atoms with van der Waals surface area (Å²) in [6.07, 6.45) is 0. The molecule has 3 aromatic carbocycles. The van der Waals surface area contributed by atoms with Crippen LogP contribution in [0.5, 0.6) is 0 Å². The molecule has 0 spiro atoms. The van der Waals surface area contributed by atoms with Crippen LogP contribution in [0.25, 0.3) is 0 Å². The van der Waals surface area contributed by atoms with Gasteiger partial charge in [-0.05, 0) is 48.5 Å². The van der Waals surface area contributed by atoms with E-state index in [0.29, 0.717) is 32.7 Å². The van der Waals surface area contributed by atoms with Gasteiger partial charge in [0.2, 0.25) is 0 Å². The fourth-order valence-electron chi connectivity index (χ4n) is 3.13. The van der Waals surface area contributed by atoms with Crippen LogP contribution in [-0.2, 0) is 9.59 Å². The largest absolute Gasteiger partial charge is 0.350 e. The van der Waals surface area contributed by atoms with Crippen molar-refractivity contribution < 1.29 is 14.4 Å². The van der Waals surface area contributed by atoms with Gasteiger partial charge in [-0.15, -0.1) is 0 Å². The molecule has 2 N–H and O–H groups in total. The van der Waals surface area contributed by atoms with E-state index in [1.165, 1.54) is 6.07 Å². The van der Waals surface area contributed by atoms with E-state index in [1.54, 1.807) is 66.7 Å². The van der Waals surface area contributed by atoms with E-state index in [2.05, 4.69) is 10.6 Å². The highest BCUT2D eigenvalue weighted by Gasteiger charge is 2.38. The van der Waals surface area contributed by atoms with Crippen LogP contribution in [0.4, 0.5) is 17.1 Å². The third-order valence-electron chi connectivity index (χ3n) is 4.56. The molecule has 32 heavy (non-hydrogen) atoms. The van der Waals surface area contributed by atoms with Crippen LogP contribution in [0.2, 0.25) is 10.0 Å². The van der Waals surface area contributed by atoms with E-state index < -0.39 is 17.7 Å². The minimum Gasteiger partial charge on any atom is -0.350 e. The predicted octanol–water partition coefficient (Wildman–Crippen LogP) is 5.68. The number of anilines is 3. The van der Waals surface area contributed by atoms with Crippen molar-refractivity contribution in [3.8, 4) is 0 Å². The topological polar surface area (TPSA) is 78.5 Å². The zero-order chi connectivity index (χ0) is 22.8. The molecule has 4 rings (SSSR count). The SMILES string of the molecule is O=C(Nc1cc(Cl)cc(Cl)c1)c1cccc(NC2=C(Cl)C(=O)N(c3ccccc3)C2=O)c1. The molecular weight excluding hydrogens is 473 g/mol. The second-order valence-corrected chi connectivity index (χ2v) is 8.04. The maximum atomic E-state index is 12.9. The Labute approximate surface area is 198 Å². The molecule has 0 unspecified atom stereocenters. The van der Waals surface area contributed by atoms with Gasteiger partial charge in [0, 0.05) is 27.0 Å². The van der Waals surface area contributed by atoms with E-state index in [1.807, 2.05) is 0 Å². The fourth-order valence-corrected chi connectivity index (χ4v) is 3.87. The predicted molar refractivity (Wildman–Crippen MR) is 126 cm³/mol. The van der Waals surface area contributed by atoms with Crippen molar-refractivity contribution in [2.45, 2.75) is 0 Å². The van der Waals surface area contributed by atoms with Crippen LogP contribution >= 0.6 is 34.8 Å². The van der Waals surface area contributed by atoms with Crippen molar-refractivity contribution in [1.29, 1.82) is 0 Å². The first-order valence-corrected chi connectivity index (χ1v) is 10.4. The summed E-state index contributed by atoms with van der Waals surface area (Å²) < 4.78 is 0. The summed E-state index contributed by atoms with van der Waals surface area (Å²) in [4.78, 5) is 39.0. The average Bonchev–Trinajstić information content (AvgIpc) is 2.97. The molecule has 0 aromatic heterocycles. The molecule has 1 aliphatic heterocycles. The van der Waals surface area contributed by atoms with Gasteiger partial charge in [-0.25, -0.2) is 4.90 Å². The van der Waals surface area contributed by atoms with Crippen molar-refractivity contribution in [1.82, 2.24) is 0 Å². The van der Waals surface area contributed by atoms with Gasteiger partial charge in [0.05, 0.1) is 5.69 Å². The fraction of sp³-hybridized carbons (Fsp3) is 0. The number of nitrogens with one attached hydrogen (secondary N) is 2. The molecule has 0 fully saturated rings. The van der Waals surface area contributed by atoms with Crippen LogP contribution in [0, 0.1) is 0 Å². The highest BCUT2D eigenvalue weighted by atomic mass is 35.5. The average molecular weight is 487 g/mol. The monoisotopic (exact) mass is 485 g/mol. The summed E-state index contributed by atoms with van der Waals surface area (Å²) in [5.74, 6) is -1.63. The van der Waals surface area contributed by atoms with Gasteiger partial charge >= 0.3 is 0 Å². The van der Waals surface area contributed by atoms with Gasteiger partial charge in [-0.3, -0.25) is 14.4 Å². The molecule has 9 heteroatoms. The third kappa shape index (κ3) is 4.48. The van der Waals surface area contributed by atoms with Crippen molar-refractivity contribution in [3.63, 3.8) is 0 Å². The van der Waals surface area contributed by atoms with Gasteiger partial charge in [0.1, 0.15) is 10.7 Å². The molecule has 1 aliphatic rings. The Morgan fingerprint density at radius 2 is 1.44 bits per heavy atom. The van der Waals surface area contributed by atoms with Gasteiger partial charge in [-0.1, -0.05) is 59.1 Å². The minimum absolute atomic E-state index is 0.0697. The zero-order valence-corrected chi connectivity index (χ0v) is 18.5. The quantitative estimate of drug-likeness (QED) is 0.455. The summed E-state index contributed by atoms with van der Waals surface area (Å²) in [5.41, 5.74) is 1.49. The lowest BCUT2D eigenvalue weighted by atomic mass is 10.1. The van der Waals surface area contributed by atoms with E-state index in [9.17, 15) is 14.4 Å². The van der Waals surface area contributed by atoms with Crippen LogP contribution in [0.15, 0.2) is 83.5 Å². The Bertz CT molecular complexity index is 1260. The maximum Gasteiger partial charge on any atom is 0.283 e. The number of hydrogen-bond donors (Lipinski definition) is 2. The molecule has 1 heterocycles. The molecular formula is C23H14Cl3N3O3. The molecule has 0 bridgehead atoms. The number of benzene rings is 3. The molecule has 0 atom stereocenters. The summed E-state index contributed by atoms with van der Waals surface area (Å²) in [6, 6.07) is 19.6. The Hall–Kier alpha value is -3.32. The van der Waals surface area contributed by atoms with Crippen molar-refractivity contribution in [2.75, 3.05) is 15.5 Å². The van der Waals surface area contributed by atoms with Gasteiger partial charge in [0.25, 0.3) is 17.7 Å². The molecule has 6 nitrogen and oxygen atoms in total. The molecule has 3 aromatic rings. The number of imide groups is 1. The Balaban J connectivity index is 1.54. The maximum absolute atomic E-state index is 12.9. The molecule has 3 amide bonds. The minimum atomic E-state index is -0.628. The first kappa shape index (κ1) is 21.9. The lowest BCUT2D eigenvalue weighted by molar-refractivity contribution is -0.120. The van der Waals surface area contributed by atoms with E-state index in [4.69, 9.17) is 34.8 Å². The lowest BCUT2D eigenvalue weighted by Gasteiger charge is -2.15. The summed E-state index contributed by atoms with van der Waals surface area (Å²) in [7, 11) is 0. The van der Waals surface area contributed by atoms with Crippen molar-refractivity contribution in [2.24, 2.45) is 0 Å². The first-order valence-electron chi connectivity index (χ1n) is 9.31. The lowest BCUT2D eigenvalue weighted by Crippen LogP contribution is -2.32. The van der Waals surface area contributed by atoms with Gasteiger partial charge < -0.3 is 10.6 Å². The highest BCUT2D eigenvalue weighted by molar-refractivity contribution is 6.53. The number of hydrogen-bond acceptors (Lipinski definition) is 4. The highest BCUT2D eigenvalue weighted by Crippen LogP contribution is 2.30. The Kier molecular flexibility index (Phi) is 6.19. The summed E-state index contributed by atoms with van der Waals surface area (Å²) >= 11 is 18.1. The summed E-state index contributed by atoms with van der Waals surface area (Å²) in [6.45, 7) is 0. The van der Waals surface area contributed by atoms with Crippen molar-refractivity contribution >= 4 is 69.6 Å². The van der Waals surface area contributed by atoms with Crippen LogP contribution in [-0.4, -0.2) is 17.7 Å². The summed E-state index contributed by atoms with van der Waals surface area (Å²) in [5, 5.41) is 6.11. The van der Waals surface area contributed by atoms with E-state index in [0.717, 1.165) is 4.90 Å². The van der Waals surface area contributed by atoms with Gasteiger partial charge in [-0.2, -0.15) is 0 Å². The normalized spacial score (nSPS) is 13.5. The molecule has 0 saturated carbocycles. The number of nitrogens with zero attached hydrogens (tertiary/aromatic N) is 1. The Morgan fingerprint density at radius 3 is 2.12 bits per heavy atom. The molecule has 0 radical (unpaired) electrons. The molecule has 160 valence electrons. The van der Waals surface area contributed by atoms with Gasteiger partial charge in [0.15, 0.2) is 0 Å². The van der Waals surface area contributed by atoms with Crippen LogP contribution in [0.1, 0.15) is 10.4 Å². The smallest absolute Gasteiger partial charge is 0.283 e. The molecule has 0 saturated heterocycles. The number of carbonyl (C=O) groups excluding carboxylic acids is 3. The molecule has 0 aliphatic carbocycles. The van der Waals surface area contributed by atoms with Crippen LogP contribution in [0.3, 0.4) is 0 Å².